The maximum atomic E-state index is 10.4. The van der Waals surface area contributed by atoms with Gasteiger partial charge in [0.2, 0.25) is 0 Å². The molecule has 0 aromatic heterocycles. The van der Waals surface area contributed by atoms with Gasteiger partial charge in [-0.1, -0.05) is 89.0 Å². The Morgan fingerprint density at radius 2 is 1.34 bits per heavy atom. The summed E-state index contributed by atoms with van der Waals surface area (Å²) in [5.74, 6) is 0. The van der Waals surface area contributed by atoms with Crippen molar-refractivity contribution in [3.63, 3.8) is 0 Å². The highest BCUT2D eigenvalue weighted by Crippen LogP contribution is 2.34. The van der Waals surface area contributed by atoms with E-state index in [1.54, 1.807) is 0 Å². The number of rotatable bonds is 13. The van der Waals surface area contributed by atoms with Gasteiger partial charge in [0.05, 0.1) is 6.61 Å². The summed E-state index contributed by atoms with van der Waals surface area (Å²) in [5.41, 5.74) is 1.93. The molecule has 0 saturated carbocycles. The summed E-state index contributed by atoms with van der Waals surface area (Å²) in [4.78, 5) is 0. The highest BCUT2D eigenvalue weighted by molar-refractivity contribution is 5.31. The average molecular weight is 409 g/mol. The zero-order chi connectivity index (χ0) is 21.1. The molecule has 5 nitrogen and oxygen atoms in total. The first-order chi connectivity index (χ1) is 14.1. The van der Waals surface area contributed by atoms with Crippen molar-refractivity contribution in [3.8, 4) is 0 Å². The number of hydrogen-bond acceptors (Lipinski definition) is 5. The van der Waals surface area contributed by atoms with Crippen LogP contribution in [0.1, 0.15) is 88.4 Å². The first kappa shape index (κ1) is 24.3. The first-order valence-electron chi connectivity index (χ1n) is 11.5. The molecule has 0 spiro atoms. The SMILES string of the molecule is CCCCCCCCCCCCc1ccccc1C1O[C@H](CO)[C@H](O)[C@H](O)[C@H]1O. The predicted octanol–water partition coefficient (Wildman–Crippen LogP) is 3.66. The molecule has 1 unspecified atom stereocenters. The third-order valence-electron chi connectivity index (χ3n) is 6.05. The standard InChI is InChI=1S/C24H40O5/c1-2-3-4-5-6-7-8-9-10-11-14-18-15-12-13-16-19(18)24-23(28)22(27)21(26)20(17-25)29-24/h12-13,15-16,20-28H,2-11,14,17H2,1H3/t20-,21+,22+,23-,24?/m1/s1. The van der Waals surface area contributed by atoms with Gasteiger partial charge in [-0.3, -0.25) is 0 Å². The summed E-state index contributed by atoms with van der Waals surface area (Å²) in [6.45, 7) is 1.85. The molecule has 2 rings (SSSR count). The van der Waals surface area contributed by atoms with E-state index in [-0.39, 0.29) is 0 Å². The quantitative estimate of drug-likeness (QED) is 0.374. The smallest absolute Gasteiger partial charge is 0.113 e. The molecule has 1 aliphatic heterocycles. The van der Waals surface area contributed by atoms with Gasteiger partial charge in [-0.05, 0) is 24.0 Å². The van der Waals surface area contributed by atoms with E-state index < -0.39 is 37.1 Å². The fourth-order valence-electron chi connectivity index (χ4n) is 4.20. The second kappa shape index (κ2) is 13.3. The fourth-order valence-corrected chi connectivity index (χ4v) is 4.20. The molecule has 1 heterocycles. The number of benzene rings is 1. The van der Waals surface area contributed by atoms with Crippen LogP contribution in [0.2, 0.25) is 0 Å². The highest BCUT2D eigenvalue weighted by atomic mass is 16.5. The second-order valence-corrected chi connectivity index (χ2v) is 8.38. The lowest BCUT2D eigenvalue weighted by atomic mass is 9.88. The van der Waals surface area contributed by atoms with Crippen LogP contribution in [0.25, 0.3) is 0 Å². The number of unbranched alkanes of at least 4 members (excludes halogenated alkanes) is 9. The number of ether oxygens (including phenoxy) is 1. The van der Waals surface area contributed by atoms with Crippen LogP contribution in [0.3, 0.4) is 0 Å². The number of hydrogen-bond donors (Lipinski definition) is 4. The van der Waals surface area contributed by atoms with Crippen molar-refractivity contribution in [2.45, 2.75) is 108 Å². The van der Waals surface area contributed by atoms with E-state index in [4.69, 9.17) is 4.74 Å². The lowest BCUT2D eigenvalue weighted by Crippen LogP contribution is -2.55. The molecule has 5 heteroatoms. The Hall–Kier alpha value is -0.980. The summed E-state index contributed by atoms with van der Waals surface area (Å²) in [6.07, 6.45) is 8.24. The topological polar surface area (TPSA) is 90.2 Å². The molecule has 5 atom stereocenters. The maximum Gasteiger partial charge on any atom is 0.113 e. The van der Waals surface area contributed by atoms with Gasteiger partial charge in [-0.2, -0.15) is 0 Å². The van der Waals surface area contributed by atoms with Crippen LogP contribution in [0.5, 0.6) is 0 Å². The van der Waals surface area contributed by atoms with Crippen molar-refractivity contribution in [3.05, 3.63) is 35.4 Å². The van der Waals surface area contributed by atoms with Crippen LogP contribution in [0.4, 0.5) is 0 Å². The van der Waals surface area contributed by atoms with Crippen molar-refractivity contribution >= 4 is 0 Å². The molecule has 1 fully saturated rings. The Kier molecular flexibility index (Phi) is 11.2. The average Bonchev–Trinajstić information content (AvgIpc) is 2.74. The lowest BCUT2D eigenvalue weighted by molar-refractivity contribution is -0.231. The molecule has 0 bridgehead atoms. The van der Waals surface area contributed by atoms with E-state index in [9.17, 15) is 20.4 Å². The highest BCUT2D eigenvalue weighted by Gasteiger charge is 2.44. The number of aliphatic hydroxyl groups is 4. The van der Waals surface area contributed by atoms with Gasteiger partial charge in [0.1, 0.15) is 30.5 Å². The minimum Gasteiger partial charge on any atom is -0.394 e. The summed E-state index contributed by atoms with van der Waals surface area (Å²) >= 11 is 0. The van der Waals surface area contributed by atoms with Crippen molar-refractivity contribution in [2.24, 2.45) is 0 Å². The normalized spacial score (nSPS) is 27.3. The van der Waals surface area contributed by atoms with E-state index in [2.05, 4.69) is 6.92 Å². The van der Waals surface area contributed by atoms with Gasteiger partial charge < -0.3 is 25.2 Å². The molecule has 0 radical (unpaired) electrons. The van der Waals surface area contributed by atoms with Crippen molar-refractivity contribution in [2.75, 3.05) is 6.61 Å². The zero-order valence-electron chi connectivity index (χ0n) is 17.9. The monoisotopic (exact) mass is 408 g/mol. The van der Waals surface area contributed by atoms with E-state index in [0.717, 1.165) is 24.0 Å². The van der Waals surface area contributed by atoms with Gasteiger partial charge in [-0.25, -0.2) is 0 Å². The Morgan fingerprint density at radius 3 is 1.97 bits per heavy atom. The molecule has 0 amide bonds. The van der Waals surface area contributed by atoms with Gasteiger partial charge >= 0.3 is 0 Å². The van der Waals surface area contributed by atoms with Gasteiger partial charge in [-0.15, -0.1) is 0 Å². The molecule has 1 aromatic rings. The molecule has 29 heavy (non-hydrogen) atoms. The van der Waals surface area contributed by atoms with E-state index in [1.807, 2.05) is 24.3 Å². The Bertz CT molecular complexity index is 562. The van der Waals surface area contributed by atoms with Crippen molar-refractivity contribution < 1.29 is 25.2 Å². The third-order valence-corrected chi connectivity index (χ3v) is 6.05. The maximum absolute atomic E-state index is 10.4. The third kappa shape index (κ3) is 7.34. The summed E-state index contributed by atoms with van der Waals surface area (Å²) in [5, 5.41) is 39.9. The zero-order valence-corrected chi connectivity index (χ0v) is 17.9. The Morgan fingerprint density at radius 1 is 0.759 bits per heavy atom. The molecular formula is C24H40O5. The van der Waals surface area contributed by atoms with Crippen LogP contribution in [0, 0.1) is 0 Å². The van der Waals surface area contributed by atoms with Crippen molar-refractivity contribution in [1.82, 2.24) is 0 Å². The van der Waals surface area contributed by atoms with Crippen molar-refractivity contribution in [1.29, 1.82) is 0 Å². The molecule has 1 saturated heterocycles. The second-order valence-electron chi connectivity index (χ2n) is 8.38. The molecule has 166 valence electrons. The molecule has 4 N–H and O–H groups in total. The number of aliphatic hydroxyl groups excluding tert-OH is 4. The molecule has 0 aliphatic carbocycles. The summed E-state index contributed by atoms with van der Waals surface area (Å²) in [7, 11) is 0. The van der Waals surface area contributed by atoms with Crippen LogP contribution in [-0.4, -0.2) is 51.4 Å². The Labute approximate surface area is 175 Å². The largest absolute Gasteiger partial charge is 0.394 e. The van der Waals surface area contributed by atoms with Gasteiger partial charge in [0.15, 0.2) is 0 Å². The van der Waals surface area contributed by atoms with E-state index in [1.165, 1.54) is 57.8 Å². The van der Waals surface area contributed by atoms with Gasteiger partial charge in [0.25, 0.3) is 0 Å². The lowest BCUT2D eigenvalue weighted by Gasteiger charge is -2.40. The van der Waals surface area contributed by atoms with Gasteiger partial charge in [0, 0.05) is 0 Å². The fraction of sp³-hybridized carbons (Fsp3) is 0.750. The molecule has 1 aromatic carbocycles. The van der Waals surface area contributed by atoms with E-state index >= 15 is 0 Å². The van der Waals surface area contributed by atoms with Crippen LogP contribution in [-0.2, 0) is 11.2 Å². The predicted molar refractivity (Wildman–Crippen MR) is 115 cm³/mol. The van der Waals surface area contributed by atoms with E-state index in [0.29, 0.717) is 0 Å². The minimum atomic E-state index is -1.34. The van der Waals surface area contributed by atoms with Crippen LogP contribution >= 0.6 is 0 Å². The molecular weight excluding hydrogens is 368 g/mol. The van der Waals surface area contributed by atoms with Crippen LogP contribution in [0.15, 0.2) is 24.3 Å². The first-order valence-corrected chi connectivity index (χ1v) is 11.5. The molecule has 1 aliphatic rings. The minimum absolute atomic E-state index is 0.401. The number of aryl methyl sites for hydroxylation is 1. The summed E-state index contributed by atoms with van der Waals surface area (Å²) in [6, 6.07) is 7.79. The summed E-state index contributed by atoms with van der Waals surface area (Å²) < 4.78 is 5.75. The van der Waals surface area contributed by atoms with Crippen LogP contribution < -0.4 is 0 Å². The Balaban J connectivity index is 1.80.